The van der Waals surface area contributed by atoms with Gasteiger partial charge in [-0.3, -0.25) is 9.67 Å². The number of nitrogens with one attached hydrogen (secondary N) is 1. The van der Waals surface area contributed by atoms with Crippen molar-refractivity contribution < 1.29 is 14.2 Å². The van der Waals surface area contributed by atoms with E-state index in [1.807, 2.05) is 0 Å². The number of nitriles is 1. The number of benzene rings is 1. The smallest absolute Gasteiger partial charge is 0.198 e. The van der Waals surface area contributed by atoms with E-state index in [0.717, 1.165) is 0 Å². The summed E-state index contributed by atoms with van der Waals surface area (Å²) in [5, 5.41) is 24.3. The molecule has 156 valence electrons. The Morgan fingerprint density at radius 3 is 2.94 bits per heavy atom. The quantitative estimate of drug-likeness (QED) is 0.463. The van der Waals surface area contributed by atoms with E-state index >= 15 is 0 Å². The standard InChI is InChI=1S/C22H19FN6O2/c1-12(8-24)29-11-14(9-26-29)27-13(2)20-15-7-17(25-10-18(15)28-22(20)30)21-16(23)5-4-6-19(21)31-3/h4-7,9-12,28,30H,1-3H3. The van der Waals surface area contributed by atoms with E-state index < -0.39 is 11.9 Å². The van der Waals surface area contributed by atoms with E-state index in [0.29, 0.717) is 39.3 Å². The van der Waals surface area contributed by atoms with Gasteiger partial charge < -0.3 is 14.8 Å². The van der Waals surface area contributed by atoms with Gasteiger partial charge in [-0.05, 0) is 32.0 Å². The van der Waals surface area contributed by atoms with Crippen LogP contribution in [0.2, 0.25) is 0 Å². The largest absolute Gasteiger partial charge is 0.496 e. The van der Waals surface area contributed by atoms with Crippen molar-refractivity contribution in [2.45, 2.75) is 19.9 Å². The summed E-state index contributed by atoms with van der Waals surface area (Å²) >= 11 is 0. The van der Waals surface area contributed by atoms with Gasteiger partial charge in [-0.1, -0.05) is 6.07 Å². The third-order valence-electron chi connectivity index (χ3n) is 4.94. The van der Waals surface area contributed by atoms with Crippen LogP contribution >= 0.6 is 0 Å². The first-order valence-electron chi connectivity index (χ1n) is 9.46. The summed E-state index contributed by atoms with van der Waals surface area (Å²) in [4.78, 5) is 11.7. The zero-order valence-corrected chi connectivity index (χ0v) is 17.1. The highest BCUT2D eigenvalue weighted by Crippen LogP contribution is 2.35. The highest BCUT2D eigenvalue weighted by Gasteiger charge is 2.19. The minimum absolute atomic E-state index is 0.0755. The zero-order valence-electron chi connectivity index (χ0n) is 17.1. The van der Waals surface area contributed by atoms with Crippen molar-refractivity contribution in [3.8, 4) is 29.0 Å². The Bertz CT molecular complexity index is 1350. The molecule has 1 unspecified atom stereocenters. The van der Waals surface area contributed by atoms with Gasteiger partial charge >= 0.3 is 0 Å². The van der Waals surface area contributed by atoms with Crippen LogP contribution in [-0.4, -0.2) is 37.7 Å². The molecule has 9 heteroatoms. The number of rotatable bonds is 5. The van der Waals surface area contributed by atoms with Gasteiger partial charge in [0.05, 0.1) is 59.8 Å². The predicted octanol–water partition coefficient (Wildman–Crippen LogP) is 4.50. The van der Waals surface area contributed by atoms with Gasteiger partial charge in [-0.2, -0.15) is 10.4 Å². The second kappa shape index (κ2) is 7.91. The fraction of sp³-hybridized carbons (Fsp3) is 0.182. The van der Waals surface area contributed by atoms with Gasteiger partial charge in [-0.15, -0.1) is 0 Å². The van der Waals surface area contributed by atoms with Gasteiger partial charge in [-0.25, -0.2) is 9.38 Å². The molecule has 4 rings (SSSR count). The molecule has 1 atom stereocenters. The average Bonchev–Trinajstić information content (AvgIpc) is 3.35. The molecule has 8 nitrogen and oxygen atoms in total. The zero-order chi connectivity index (χ0) is 22.1. The summed E-state index contributed by atoms with van der Waals surface area (Å²) in [6.45, 7) is 3.47. The minimum atomic E-state index is -0.461. The Labute approximate surface area is 177 Å². The van der Waals surface area contributed by atoms with Crippen LogP contribution in [0.4, 0.5) is 10.1 Å². The van der Waals surface area contributed by atoms with Crippen molar-refractivity contribution in [1.29, 1.82) is 5.26 Å². The van der Waals surface area contributed by atoms with Crippen LogP contribution in [0.5, 0.6) is 11.6 Å². The van der Waals surface area contributed by atoms with Crippen LogP contribution < -0.4 is 4.74 Å². The van der Waals surface area contributed by atoms with Gasteiger partial charge in [0.2, 0.25) is 0 Å². The number of nitrogens with zero attached hydrogens (tertiary/aromatic N) is 5. The Hall–Kier alpha value is -4.19. The Kier molecular flexibility index (Phi) is 5.13. The number of halogens is 1. The number of fused-ring (bicyclic) bond motifs is 1. The molecule has 0 spiro atoms. The van der Waals surface area contributed by atoms with Gasteiger partial charge in [0, 0.05) is 5.39 Å². The van der Waals surface area contributed by atoms with E-state index in [9.17, 15) is 9.50 Å². The van der Waals surface area contributed by atoms with Crippen molar-refractivity contribution in [2.75, 3.05) is 7.11 Å². The molecule has 0 saturated carbocycles. The minimum Gasteiger partial charge on any atom is -0.496 e. The van der Waals surface area contributed by atoms with E-state index in [2.05, 4.69) is 26.1 Å². The molecule has 0 fully saturated rings. The lowest BCUT2D eigenvalue weighted by molar-refractivity contribution is 0.413. The molecule has 0 bridgehead atoms. The first-order chi connectivity index (χ1) is 14.9. The van der Waals surface area contributed by atoms with Crippen LogP contribution in [0.15, 0.2) is 47.8 Å². The van der Waals surface area contributed by atoms with E-state index in [-0.39, 0.29) is 11.4 Å². The van der Waals surface area contributed by atoms with Gasteiger partial charge in [0.15, 0.2) is 5.88 Å². The number of H-pyrrole nitrogens is 1. The van der Waals surface area contributed by atoms with Crippen LogP contribution in [0.25, 0.3) is 22.2 Å². The maximum Gasteiger partial charge on any atom is 0.198 e. The molecule has 0 aliphatic carbocycles. The Morgan fingerprint density at radius 2 is 2.19 bits per heavy atom. The number of ether oxygens (including phenoxy) is 1. The Balaban J connectivity index is 1.82. The molecule has 3 heterocycles. The van der Waals surface area contributed by atoms with Crippen molar-refractivity contribution in [3.63, 3.8) is 0 Å². The van der Waals surface area contributed by atoms with Crippen LogP contribution in [0, 0.1) is 17.1 Å². The molecular weight excluding hydrogens is 399 g/mol. The molecule has 0 saturated heterocycles. The first-order valence-corrected chi connectivity index (χ1v) is 9.46. The fourth-order valence-corrected chi connectivity index (χ4v) is 3.41. The van der Waals surface area contributed by atoms with Crippen LogP contribution in [0.3, 0.4) is 0 Å². The van der Waals surface area contributed by atoms with Crippen LogP contribution in [0.1, 0.15) is 25.5 Å². The van der Waals surface area contributed by atoms with Gasteiger partial charge in [0.1, 0.15) is 23.3 Å². The summed E-state index contributed by atoms with van der Waals surface area (Å²) in [6, 6.07) is 7.93. The average molecular weight is 418 g/mol. The summed E-state index contributed by atoms with van der Waals surface area (Å²) in [7, 11) is 1.47. The summed E-state index contributed by atoms with van der Waals surface area (Å²) in [6.07, 6.45) is 4.72. The number of pyridine rings is 1. The molecule has 1 aromatic carbocycles. The lowest BCUT2D eigenvalue weighted by atomic mass is 10.0. The number of hydrogen-bond acceptors (Lipinski definition) is 6. The SMILES string of the molecule is COc1cccc(F)c1-c1cc2c(C(C)=Nc3cnn(C(C)C#N)c3)c(O)[nH]c2cn1. The number of aromatic hydroxyl groups is 1. The van der Waals surface area contributed by atoms with Crippen LogP contribution in [-0.2, 0) is 0 Å². The van der Waals surface area contributed by atoms with Crippen molar-refractivity contribution in [2.24, 2.45) is 4.99 Å². The lowest BCUT2D eigenvalue weighted by Crippen LogP contribution is -2.01. The first kappa shape index (κ1) is 20.1. The number of methoxy groups -OCH3 is 1. The highest BCUT2D eigenvalue weighted by atomic mass is 19.1. The molecule has 0 aliphatic rings. The Morgan fingerprint density at radius 1 is 1.39 bits per heavy atom. The molecular formula is C22H19FN6O2. The molecule has 0 aliphatic heterocycles. The second-order valence-electron chi connectivity index (χ2n) is 6.96. The third kappa shape index (κ3) is 3.59. The summed E-state index contributed by atoms with van der Waals surface area (Å²) in [5.41, 5.74) is 2.71. The highest BCUT2D eigenvalue weighted by molar-refractivity contribution is 6.13. The molecule has 0 amide bonds. The monoisotopic (exact) mass is 418 g/mol. The molecule has 3 aromatic heterocycles. The van der Waals surface area contributed by atoms with Crippen molar-refractivity contribution in [1.82, 2.24) is 19.7 Å². The third-order valence-corrected chi connectivity index (χ3v) is 4.94. The number of hydrogen-bond donors (Lipinski definition) is 2. The van der Waals surface area contributed by atoms with Crippen molar-refractivity contribution in [3.05, 3.63) is 54.2 Å². The summed E-state index contributed by atoms with van der Waals surface area (Å²) < 4.78 is 21.3. The van der Waals surface area contributed by atoms with Gasteiger partial charge in [0.25, 0.3) is 0 Å². The maximum absolute atomic E-state index is 14.5. The molecule has 2 N–H and O–H groups in total. The van der Waals surface area contributed by atoms with Crippen molar-refractivity contribution >= 4 is 22.3 Å². The number of aromatic amines is 1. The lowest BCUT2D eigenvalue weighted by Gasteiger charge is -2.09. The van der Waals surface area contributed by atoms with E-state index in [1.165, 1.54) is 24.1 Å². The molecule has 0 radical (unpaired) electrons. The number of aromatic nitrogens is 4. The van der Waals surface area contributed by atoms with E-state index in [4.69, 9.17) is 10.00 Å². The molecule has 4 aromatic rings. The van der Waals surface area contributed by atoms with E-state index in [1.54, 1.807) is 44.4 Å². The normalized spacial score (nSPS) is 12.7. The predicted molar refractivity (Wildman–Crippen MR) is 114 cm³/mol. The number of aliphatic imine (C=N–C) groups is 1. The molecule has 31 heavy (non-hydrogen) atoms. The second-order valence-corrected chi connectivity index (χ2v) is 6.96. The maximum atomic E-state index is 14.5. The fourth-order valence-electron chi connectivity index (χ4n) is 3.41. The topological polar surface area (TPSA) is 112 Å². The summed E-state index contributed by atoms with van der Waals surface area (Å²) in [5.74, 6) is -0.178.